The molecule has 0 spiro atoms. The van der Waals surface area contributed by atoms with E-state index in [0.717, 1.165) is 24.1 Å². The van der Waals surface area contributed by atoms with Crippen LogP contribution in [-0.4, -0.2) is 53.6 Å². The van der Waals surface area contributed by atoms with Gasteiger partial charge in [-0.1, -0.05) is 12.8 Å². The quantitative estimate of drug-likeness (QED) is 0.635. The number of anilines is 2. The van der Waals surface area contributed by atoms with Crippen molar-refractivity contribution in [1.29, 1.82) is 5.26 Å². The summed E-state index contributed by atoms with van der Waals surface area (Å²) in [6.45, 7) is 0.771. The number of benzene rings is 1. The highest BCUT2D eigenvalue weighted by Gasteiger charge is 2.28. The highest BCUT2D eigenvalue weighted by molar-refractivity contribution is 7.91. The van der Waals surface area contributed by atoms with Gasteiger partial charge in [-0.25, -0.2) is 8.42 Å². The fourth-order valence-corrected chi connectivity index (χ4v) is 5.90. The maximum atomic E-state index is 12.7. The molecule has 1 aromatic heterocycles. The average molecular weight is 471 g/mol. The number of carbonyl (C=O) groups is 1. The van der Waals surface area contributed by atoms with Gasteiger partial charge in [0.2, 0.25) is 0 Å². The van der Waals surface area contributed by atoms with E-state index in [9.17, 15) is 18.5 Å². The van der Waals surface area contributed by atoms with Crippen LogP contribution < -0.4 is 11.1 Å². The van der Waals surface area contributed by atoms with Crippen molar-refractivity contribution in [3.8, 4) is 6.07 Å². The van der Waals surface area contributed by atoms with Crippen molar-refractivity contribution in [2.24, 2.45) is 11.7 Å². The normalized spacial score (nSPS) is 19.2. The van der Waals surface area contributed by atoms with Crippen LogP contribution in [0.3, 0.4) is 0 Å². The lowest BCUT2D eigenvalue weighted by atomic mass is 9.96. The lowest BCUT2D eigenvalue weighted by molar-refractivity contribution is 0.0770. The summed E-state index contributed by atoms with van der Waals surface area (Å²) in [6.07, 6.45) is 6.98. The van der Waals surface area contributed by atoms with E-state index >= 15 is 0 Å². The van der Waals surface area contributed by atoms with E-state index in [4.69, 9.17) is 10.8 Å². The number of rotatable bonds is 7. The Kier molecular flexibility index (Phi) is 7.00. The first-order valence-electron chi connectivity index (χ1n) is 11.4. The molecule has 2 heterocycles. The molecule has 1 amide bonds. The van der Waals surface area contributed by atoms with Gasteiger partial charge in [-0.3, -0.25) is 9.48 Å². The van der Waals surface area contributed by atoms with Crippen LogP contribution in [0.5, 0.6) is 0 Å². The van der Waals surface area contributed by atoms with Crippen molar-refractivity contribution >= 4 is 27.2 Å². The van der Waals surface area contributed by atoms with Gasteiger partial charge in [0.25, 0.3) is 5.91 Å². The molecule has 1 aliphatic carbocycles. The predicted molar refractivity (Wildman–Crippen MR) is 126 cm³/mol. The number of amides is 1. The Bertz CT molecular complexity index is 1120. The van der Waals surface area contributed by atoms with Crippen LogP contribution in [0.15, 0.2) is 30.5 Å². The minimum atomic E-state index is -3.03. The van der Waals surface area contributed by atoms with Gasteiger partial charge in [0.15, 0.2) is 15.7 Å². The molecule has 1 saturated heterocycles. The van der Waals surface area contributed by atoms with Crippen LogP contribution in [0.2, 0.25) is 0 Å². The number of hydrogen-bond donors (Lipinski definition) is 2. The van der Waals surface area contributed by atoms with Gasteiger partial charge in [-0.05, 0) is 43.0 Å². The molecule has 1 atom stereocenters. The number of nitriles is 1. The number of sulfone groups is 1. The van der Waals surface area contributed by atoms with Crippen LogP contribution in [0, 0.1) is 17.2 Å². The van der Waals surface area contributed by atoms with E-state index in [0.29, 0.717) is 30.3 Å². The van der Waals surface area contributed by atoms with E-state index in [1.165, 1.54) is 12.8 Å². The van der Waals surface area contributed by atoms with Gasteiger partial charge in [0.1, 0.15) is 0 Å². The molecule has 1 saturated carbocycles. The third-order valence-corrected chi connectivity index (χ3v) is 8.25. The summed E-state index contributed by atoms with van der Waals surface area (Å²) in [5.41, 5.74) is 8.11. The summed E-state index contributed by atoms with van der Waals surface area (Å²) < 4.78 is 25.1. The summed E-state index contributed by atoms with van der Waals surface area (Å²) in [4.78, 5) is 14.3. The molecule has 0 bridgehead atoms. The number of nitrogens with one attached hydrogen (secondary N) is 1. The van der Waals surface area contributed by atoms with Crippen LogP contribution in [0.25, 0.3) is 0 Å². The Labute approximate surface area is 194 Å². The van der Waals surface area contributed by atoms with Gasteiger partial charge < -0.3 is 16.0 Å². The smallest absolute Gasteiger partial charge is 0.253 e. The van der Waals surface area contributed by atoms with Crippen LogP contribution in [-0.2, 0) is 16.4 Å². The highest BCUT2D eigenvalue weighted by atomic mass is 32.2. The SMILES string of the molecule is N#CCC(C1CCCC1)n1cc(CN)c(Nc2ccc(C(=O)N3CCS(=O)(=O)CC3)cc2)n1. The molecule has 3 N–H and O–H groups in total. The minimum absolute atomic E-state index is 0.0105. The van der Waals surface area contributed by atoms with E-state index in [1.54, 1.807) is 29.2 Å². The fraction of sp³-hybridized carbons (Fsp3) is 0.522. The first-order chi connectivity index (χ1) is 15.9. The first kappa shape index (κ1) is 23.3. The van der Waals surface area contributed by atoms with E-state index in [2.05, 4.69) is 11.4 Å². The topological polar surface area (TPSA) is 134 Å². The third-order valence-electron chi connectivity index (χ3n) is 6.64. The predicted octanol–water partition coefficient (Wildman–Crippen LogP) is 2.60. The molecule has 0 radical (unpaired) electrons. The molecule has 33 heavy (non-hydrogen) atoms. The second kappa shape index (κ2) is 9.93. The van der Waals surface area contributed by atoms with Gasteiger partial charge in [-0.15, -0.1) is 0 Å². The molecule has 4 rings (SSSR count). The number of nitrogens with zero attached hydrogens (tertiary/aromatic N) is 4. The maximum Gasteiger partial charge on any atom is 0.253 e. The van der Waals surface area contributed by atoms with Crippen molar-refractivity contribution in [3.63, 3.8) is 0 Å². The summed E-state index contributed by atoms with van der Waals surface area (Å²) in [5.74, 6) is 0.962. The standard InChI is InChI=1S/C23H30N6O3S/c24-10-9-21(17-3-1-2-4-17)29-16-19(15-25)22(27-29)26-20-7-5-18(6-8-20)23(30)28-11-13-33(31,32)14-12-28/h5-8,16-17,21H,1-4,9,11-15,25H2,(H,26,27). The summed E-state index contributed by atoms with van der Waals surface area (Å²) in [6, 6.07) is 9.41. The number of aromatic nitrogens is 2. The molecule has 9 nitrogen and oxygen atoms in total. The maximum absolute atomic E-state index is 12.7. The molecular weight excluding hydrogens is 440 g/mol. The Hall–Kier alpha value is -2.90. The average Bonchev–Trinajstić information content (AvgIpc) is 3.48. The highest BCUT2D eigenvalue weighted by Crippen LogP contribution is 2.36. The number of carbonyl (C=O) groups excluding carboxylic acids is 1. The lowest BCUT2D eigenvalue weighted by Gasteiger charge is -2.26. The molecule has 2 fully saturated rings. The van der Waals surface area contributed by atoms with Crippen LogP contribution in [0.1, 0.15) is 54.1 Å². The van der Waals surface area contributed by atoms with Crippen molar-refractivity contribution < 1.29 is 13.2 Å². The van der Waals surface area contributed by atoms with E-state index in [1.807, 2.05) is 10.9 Å². The fourth-order valence-electron chi connectivity index (χ4n) is 4.70. The second-order valence-corrected chi connectivity index (χ2v) is 11.1. The zero-order chi connectivity index (χ0) is 23.4. The number of nitrogens with two attached hydrogens (primary N) is 1. The molecule has 2 aromatic rings. The largest absolute Gasteiger partial charge is 0.338 e. The van der Waals surface area contributed by atoms with Crippen molar-refractivity contribution in [2.75, 3.05) is 29.9 Å². The van der Waals surface area contributed by atoms with Crippen LogP contribution in [0.4, 0.5) is 11.5 Å². The Morgan fingerprint density at radius 1 is 1.21 bits per heavy atom. The lowest BCUT2D eigenvalue weighted by Crippen LogP contribution is -2.43. The van der Waals surface area contributed by atoms with Crippen molar-refractivity contribution in [1.82, 2.24) is 14.7 Å². The van der Waals surface area contributed by atoms with E-state index < -0.39 is 9.84 Å². The van der Waals surface area contributed by atoms with Gasteiger partial charge >= 0.3 is 0 Å². The Balaban J connectivity index is 1.46. The molecule has 2 aliphatic rings. The Morgan fingerprint density at radius 2 is 1.88 bits per heavy atom. The summed E-state index contributed by atoms with van der Waals surface area (Å²) in [5, 5.41) is 17.3. The molecule has 1 aliphatic heterocycles. The van der Waals surface area contributed by atoms with Crippen molar-refractivity contribution in [2.45, 2.75) is 44.7 Å². The monoisotopic (exact) mass is 470 g/mol. The molecule has 1 aromatic carbocycles. The van der Waals surface area contributed by atoms with Gasteiger partial charge in [-0.2, -0.15) is 10.4 Å². The zero-order valence-electron chi connectivity index (χ0n) is 18.6. The molecule has 1 unspecified atom stereocenters. The summed E-state index contributed by atoms with van der Waals surface area (Å²) >= 11 is 0. The zero-order valence-corrected chi connectivity index (χ0v) is 19.4. The van der Waals surface area contributed by atoms with Gasteiger partial charge in [0, 0.05) is 42.6 Å². The molecular formula is C23H30N6O3S. The molecule has 10 heteroatoms. The minimum Gasteiger partial charge on any atom is -0.338 e. The second-order valence-electron chi connectivity index (χ2n) is 8.81. The van der Waals surface area contributed by atoms with Gasteiger partial charge in [0.05, 0.1) is 30.0 Å². The van der Waals surface area contributed by atoms with Crippen LogP contribution >= 0.6 is 0 Å². The first-order valence-corrected chi connectivity index (χ1v) is 13.2. The summed E-state index contributed by atoms with van der Waals surface area (Å²) in [7, 11) is -3.03. The number of hydrogen-bond acceptors (Lipinski definition) is 7. The van der Waals surface area contributed by atoms with E-state index in [-0.39, 0.29) is 36.5 Å². The molecule has 176 valence electrons. The third kappa shape index (κ3) is 5.37. The Morgan fingerprint density at radius 3 is 2.48 bits per heavy atom. The van der Waals surface area contributed by atoms with Crippen molar-refractivity contribution in [3.05, 3.63) is 41.6 Å².